The summed E-state index contributed by atoms with van der Waals surface area (Å²) in [5, 5.41) is 14.6. The van der Waals surface area contributed by atoms with Crippen LogP contribution in [0.4, 0.5) is 4.39 Å². The van der Waals surface area contributed by atoms with Gasteiger partial charge < -0.3 is 21.1 Å². The topological polar surface area (TPSA) is 95.7 Å². The summed E-state index contributed by atoms with van der Waals surface area (Å²) in [4.78, 5) is 28.1. The molecule has 0 unspecified atom stereocenters. The molecule has 202 valence electrons. The summed E-state index contributed by atoms with van der Waals surface area (Å²) in [5.41, 5.74) is 8.28. The van der Waals surface area contributed by atoms with E-state index in [4.69, 9.17) is 5.73 Å². The number of hydrogen-bond acceptors (Lipinski definition) is 4. The number of aliphatic hydroxyl groups is 1. The van der Waals surface area contributed by atoms with Gasteiger partial charge >= 0.3 is 0 Å². The third kappa shape index (κ3) is 7.49. The first-order chi connectivity index (χ1) is 18.4. The Bertz CT molecular complexity index is 1200. The summed E-state index contributed by atoms with van der Waals surface area (Å²) in [6.07, 6.45) is 0.995. The Morgan fingerprint density at radius 2 is 1.55 bits per heavy atom. The van der Waals surface area contributed by atoms with E-state index in [1.807, 2.05) is 44.2 Å². The van der Waals surface area contributed by atoms with Crippen molar-refractivity contribution in [1.29, 1.82) is 0 Å². The van der Waals surface area contributed by atoms with Gasteiger partial charge in [0.2, 0.25) is 5.91 Å². The molecule has 0 aromatic heterocycles. The molecular formula is C31H38FN3O3. The molecule has 0 spiro atoms. The molecule has 0 aliphatic heterocycles. The first-order valence-corrected chi connectivity index (χ1v) is 13.2. The van der Waals surface area contributed by atoms with Crippen LogP contribution in [-0.2, 0) is 13.0 Å². The number of halogens is 1. The van der Waals surface area contributed by atoms with Crippen LogP contribution in [0.3, 0.4) is 0 Å². The van der Waals surface area contributed by atoms with E-state index in [1.54, 1.807) is 41.3 Å². The first-order valence-electron chi connectivity index (χ1n) is 13.2. The molecule has 0 aliphatic rings. The third-order valence-corrected chi connectivity index (χ3v) is 6.64. The van der Waals surface area contributed by atoms with Crippen LogP contribution in [0.15, 0.2) is 72.8 Å². The summed E-state index contributed by atoms with van der Waals surface area (Å²) in [5.74, 6) is -1.78. The van der Waals surface area contributed by atoms with Crippen LogP contribution < -0.4 is 11.1 Å². The van der Waals surface area contributed by atoms with Crippen molar-refractivity contribution in [3.05, 3.63) is 106 Å². The zero-order chi connectivity index (χ0) is 27.5. The summed E-state index contributed by atoms with van der Waals surface area (Å²) in [6.45, 7) is 5.55. The second-order valence-corrected chi connectivity index (χ2v) is 9.51. The van der Waals surface area contributed by atoms with Gasteiger partial charge in [-0.05, 0) is 48.6 Å². The van der Waals surface area contributed by atoms with E-state index in [0.29, 0.717) is 36.2 Å². The lowest BCUT2D eigenvalue weighted by Gasteiger charge is -2.29. The molecule has 3 aromatic carbocycles. The molecule has 0 heterocycles. The van der Waals surface area contributed by atoms with Gasteiger partial charge in [-0.2, -0.15) is 0 Å². The van der Waals surface area contributed by atoms with Crippen LogP contribution in [0.25, 0.3) is 0 Å². The molecule has 0 saturated heterocycles. The molecule has 3 aromatic rings. The van der Waals surface area contributed by atoms with Crippen LogP contribution >= 0.6 is 0 Å². The van der Waals surface area contributed by atoms with Gasteiger partial charge in [0.25, 0.3) is 5.91 Å². The van der Waals surface area contributed by atoms with Crippen molar-refractivity contribution in [3.8, 4) is 0 Å². The molecule has 0 bridgehead atoms. The Morgan fingerprint density at radius 3 is 2.18 bits per heavy atom. The lowest BCUT2D eigenvalue weighted by Crippen LogP contribution is -2.37. The highest BCUT2D eigenvalue weighted by Crippen LogP contribution is 2.32. The molecule has 38 heavy (non-hydrogen) atoms. The average molecular weight is 520 g/mol. The first kappa shape index (κ1) is 29.0. The monoisotopic (exact) mass is 519 g/mol. The number of benzene rings is 3. The molecule has 0 radical (unpaired) electrons. The Hall–Kier alpha value is -3.55. The average Bonchev–Trinajstić information content (AvgIpc) is 2.92. The molecule has 6 nitrogen and oxygen atoms in total. The van der Waals surface area contributed by atoms with E-state index >= 15 is 0 Å². The zero-order valence-electron chi connectivity index (χ0n) is 22.2. The van der Waals surface area contributed by atoms with Crippen LogP contribution in [-0.4, -0.2) is 47.6 Å². The van der Waals surface area contributed by atoms with Gasteiger partial charge in [0.15, 0.2) is 0 Å². The summed E-state index contributed by atoms with van der Waals surface area (Å²) < 4.78 is 14.1. The van der Waals surface area contributed by atoms with Crippen LogP contribution in [0.2, 0.25) is 0 Å². The standard InChI is InChI=1S/C31H38FN3O3/c1-3-17-35(18-4-2)31(38)25-15-10-14-24(30(33)37)29(25)26(19-22-11-6-5-7-12-22)28(36)21-34-20-23-13-8-9-16-27(23)32/h5-16,26,28,34,36H,3-4,17-21H2,1-2H3,(H2,33,37)/t26-,28+/m1/s1. The van der Waals surface area contributed by atoms with Crippen molar-refractivity contribution in [1.82, 2.24) is 10.2 Å². The third-order valence-electron chi connectivity index (χ3n) is 6.64. The molecular weight excluding hydrogens is 481 g/mol. The van der Waals surface area contributed by atoms with E-state index in [1.165, 1.54) is 6.07 Å². The summed E-state index contributed by atoms with van der Waals surface area (Å²) in [6, 6.07) is 21.1. The normalized spacial score (nSPS) is 12.6. The van der Waals surface area contributed by atoms with Crippen LogP contribution in [0.1, 0.15) is 70.0 Å². The Kier molecular flexibility index (Phi) is 11.0. The molecule has 2 atom stereocenters. The molecule has 3 rings (SSSR count). The number of nitrogens with one attached hydrogen (secondary N) is 1. The fourth-order valence-electron chi connectivity index (χ4n) is 4.83. The molecule has 0 fully saturated rings. The highest BCUT2D eigenvalue weighted by atomic mass is 19.1. The Labute approximate surface area is 224 Å². The number of amides is 2. The predicted octanol–water partition coefficient (Wildman–Crippen LogP) is 4.66. The highest BCUT2D eigenvalue weighted by Gasteiger charge is 2.31. The lowest BCUT2D eigenvalue weighted by molar-refractivity contribution is 0.0751. The smallest absolute Gasteiger partial charge is 0.254 e. The molecule has 2 amide bonds. The number of carbonyl (C=O) groups is 2. The fraction of sp³-hybridized carbons (Fsp3) is 0.355. The van der Waals surface area contributed by atoms with Crippen molar-refractivity contribution in [3.63, 3.8) is 0 Å². The van der Waals surface area contributed by atoms with E-state index in [0.717, 1.165) is 18.4 Å². The summed E-state index contributed by atoms with van der Waals surface area (Å²) >= 11 is 0. The van der Waals surface area contributed by atoms with Crippen molar-refractivity contribution < 1.29 is 19.1 Å². The van der Waals surface area contributed by atoms with Crippen molar-refractivity contribution in [2.75, 3.05) is 19.6 Å². The van der Waals surface area contributed by atoms with Gasteiger partial charge in [-0.15, -0.1) is 0 Å². The zero-order valence-corrected chi connectivity index (χ0v) is 22.2. The molecule has 4 N–H and O–H groups in total. The van der Waals surface area contributed by atoms with Crippen molar-refractivity contribution >= 4 is 11.8 Å². The predicted molar refractivity (Wildman–Crippen MR) is 148 cm³/mol. The molecule has 7 heteroatoms. The number of carbonyl (C=O) groups excluding carboxylic acids is 2. The molecule has 0 saturated carbocycles. The van der Waals surface area contributed by atoms with Crippen molar-refractivity contribution in [2.24, 2.45) is 5.73 Å². The minimum Gasteiger partial charge on any atom is -0.391 e. The Morgan fingerprint density at radius 1 is 0.921 bits per heavy atom. The van der Waals surface area contributed by atoms with Gasteiger partial charge in [-0.1, -0.05) is 68.4 Å². The van der Waals surface area contributed by atoms with Crippen LogP contribution in [0, 0.1) is 5.82 Å². The van der Waals surface area contributed by atoms with Gasteiger partial charge in [-0.25, -0.2) is 4.39 Å². The van der Waals surface area contributed by atoms with E-state index in [2.05, 4.69) is 5.32 Å². The van der Waals surface area contributed by atoms with Gasteiger partial charge in [0.05, 0.1) is 6.10 Å². The minimum absolute atomic E-state index is 0.125. The maximum Gasteiger partial charge on any atom is 0.254 e. The maximum absolute atomic E-state index is 14.1. The van der Waals surface area contributed by atoms with E-state index in [-0.39, 0.29) is 30.4 Å². The van der Waals surface area contributed by atoms with E-state index < -0.39 is 17.9 Å². The highest BCUT2D eigenvalue weighted by molar-refractivity contribution is 6.02. The number of rotatable bonds is 14. The van der Waals surface area contributed by atoms with Gasteiger partial charge in [0, 0.05) is 48.8 Å². The number of hydrogen-bond donors (Lipinski definition) is 3. The molecule has 0 aliphatic carbocycles. The summed E-state index contributed by atoms with van der Waals surface area (Å²) in [7, 11) is 0. The quantitative estimate of drug-likeness (QED) is 0.289. The number of nitrogens with zero attached hydrogens (tertiary/aromatic N) is 1. The minimum atomic E-state index is -0.986. The largest absolute Gasteiger partial charge is 0.391 e. The fourth-order valence-corrected chi connectivity index (χ4v) is 4.83. The van der Waals surface area contributed by atoms with Gasteiger partial charge in [-0.3, -0.25) is 9.59 Å². The second kappa shape index (κ2) is 14.4. The number of nitrogens with two attached hydrogens (primary N) is 1. The lowest BCUT2D eigenvalue weighted by atomic mass is 9.81. The van der Waals surface area contributed by atoms with Crippen molar-refractivity contribution in [2.45, 2.75) is 51.7 Å². The number of aliphatic hydroxyl groups excluding tert-OH is 1. The van der Waals surface area contributed by atoms with Crippen LogP contribution in [0.5, 0.6) is 0 Å². The SMILES string of the molecule is CCCN(CCC)C(=O)c1cccc(C(N)=O)c1[C@H](Cc1ccccc1)[C@@H](O)CNCc1ccccc1F. The maximum atomic E-state index is 14.1. The van der Waals surface area contributed by atoms with Gasteiger partial charge in [0.1, 0.15) is 5.82 Å². The number of primary amides is 1. The Balaban J connectivity index is 2.02. The second-order valence-electron chi connectivity index (χ2n) is 9.51. The van der Waals surface area contributed by atoms with E-state index in [9.17, 15) is 19.1 Å².